The van der Waals surface area contributed by atoms with Crippen LogP contribution < -0.4 is 10.6 Å². The number of carbonyl (C=O) groups excluding carboxylic acids is 1. The number of aryl methyl sites for hydroxylation is 1. The molecule has 0 saturated carbocycles. The van der Waals surface area contributed by atoms with Crippen molar-refractivity contribution < 1.29 is 9.53 Å². The van der Waals surface area contributed by atoms with Crippen molar-refractivity contribution in [2.24, 2.45) is 0 Å². The molecule has 0 bridgehead atoms. The molecule has 0 radical (unpaired) electrons. The average Bonchev–Trinajstić information content (AvgIpc) is 2.68. The highest BCUT2D eigenvalue weighted by Crippen LogP contribution is 2.19. The topological polar surface area (TPSA) is 55.3 Å². The molecule has 0 fully saturated rings. The molecule has 0 spiro atoms. The predicted molar refractivity (Wildman–Crippen MR) is 88.6 cm³/mol. The van der Waals surface area contributed by atoms with Gasteiger partial charge in [0, 0.05) is 44.2 Å². The Morgan fingerprint density at radius 2 is 1.95 bits per heavy atom. The molecule has 122 valence electrons. The third-order valence-corrected chi connectivity index (χ3v) is 3.32. The van der Waals surface area contributed by atoms with Crippen LogP contribution in [0.4, 0.5) is 0 Å². The van der Waals surface area contributed by atoms with Crippen LogP contribution in [-0.2, 0) is 4.74 Å². The summed E-state index contributed by atoms with van der Waals surface area (Å²) >= 11 is 0. The number of halogens is 1. The van der Waals surface area contributed by atoms with Crippen molar-refractivity contribution in [2.75, 3.05) is 33.4 Å². The minimum atomic E-state index is -0.00135. The van der Waals surface area contributed by atoms with Gasteiger partial charge in [-0.3, -0.25) is 4.79 Å². The van der Waals surface area contributed by atoms with Gasteiger partial charge >= 0.3 is 0 Å². The van der Waals surface area contributed by atoms with E-state index in [0.717, 1.165) is 30.0 Å². The lowest BCUT2D eigenvalue weighted by molar-refractivity contribution is 0.0953. The van der Waals surface area contributed by atoms with E-state index < -0.39 is 0 Å². The summed E-state index contributed by atoms with van der Waals surface area (Å²) in [7, 11) is 1.67. The second-order valence-electron chi connectivity index (χ2n) is 5.25. The Morgan fingerprint density at radius 1 is 1.29 bits per heavy atom. The fraction of sp³-hybridized carbons (Fsp3) is 0.667. The molecule has 0 atom stereocenters. The quantitative estimate of drug-likeness (QED) is 0.722. The van der Waals surface area contributed by atoms with Crippen molar-refractivity contribution in [2.45, 2.75) is 33.7 Å². The van der Waals surface area contributed by atoms with Crippen LogP contribution in [0.5, 0.6) is 0 Å². The summed E-state index contributed by atoms with van der Waals surface area (Å²) in [6, 6.07) is 2.33. The molecule has 0 aliphatic rings. The highest BCUT2D eigenvalue weighted by Gasteiger charge is 2.16. The molecule has 0 saturated heterocycles. The number of nitrogens with zero attached hydrogens (tertiary/aromatic N) is 1. The zero-order valence-electron chi connectivity index (χ0n) is 13.7. The maximum absolute atomic E-state index is 12.2. The van der Waals surface area contributed by atoms with E-state index in [2.05, 4.69) is 29.0 Å². The fourth-order valence-corrected chi connectivity index (χ4v) is 2.46. The van der Waals surface area contributed by atoms with E-state index >= 15 is 0 Å². The second-order valence-corrected chi connectivity index (χ2v) is 5.25. The van der Waals surface area contributed by atoms with Crippen LogP contribution in [0, 0.1) is 13.8 Å². The number of methoxy groups -OCH3 is 1. The Labute approximate surface area is 133 Å². The number of ether oxygens (including phenoxy) is 1. The second kappa shape index (κ2) is 9.82. The van der Waals surface area contributed by atoms with Gasteiger partial charge < -0.3 is 19.9 Å². The molecule has 1 heterocycles. The number of hydrogen-bond acceptors (Lipinski definition) is 3. The zero-order chi connectivity index (χ0) is 15.1. The van der Waals surface area contributed by atoms with Crippen LogP contribution in [-0.4, -0.2) is 43.8 Å². The minimum absolute atomic E-state index is 0. The molecule has 1 aromatic rings. The molecule has 1 amide bonds. The first-order valence-electron chi connectivity index (χ1n) is 7.15. The zero-order valence-corrected chi connectivity index (χ0v) is 14.5. The minimum Gasteiger partial charge on any atom is -0.383 e. The molecule has 1 rings (SSSR count). The molecular weight excluding hydrogens is 290 g/mol. The lowest BCUT2D eigenvalue weighted by Crippen LogP contribution is -2.33. The van der Waals surface area contributed by atoms with Gasteiger partial charge in [-0.25, -0.2) is 0 Å². The van der Waals surface area contributed by atoms with Crippen molar-refractivity contribution in [1.29, 1.82) is 0 Å². The summed E-state index contributed by atoms with van der Waals surface area (Å²) in [5.74, 6) is -0.00135. The van der Waals surface area contributed by atoms with Crippen molar-refractivity contribution >= 4 is 18.3 Å². The number of carbonyl (C=O) groups is 1. The third kappa shape index (κ3) is 5.69. The maximum atomic E-state index is 12.2. The Kier molecular flexibility index (Phi) is 9.33. The Balaban J connectivity index is 0.00000400. The van der Waals surface area contributed by atoms with Gasteiger partial charge in [0.05, 0.1) is 12.2 Å². The van der Waals surface area contributed by atoms with Crippen LogP contribution in [0.2, 0.25) is 0 Å². The Morgan fingerprint density at radius 3 is 2.48 bits per heavy atom. The number of hydrogen-bond donors (Lipinski definition) is 2. The highest BCUT2D eigenvalue weighted by atomic mass is 35.5. The van der Waals surface area contributed by atoms with E-state index in [0.29, 0.717) is 19.2 Å². The van der Waals surface area contributed by atoms with Gasteiger partial charge in [0.25, 0.3) is 5.91 Å². The van der Waals surface area contributed by atoms with E-state index in [1.54, 1.807) is 7.11 Å². The largest absolute Gasteiger partial charge is 0.383 e. The van der Waals surface area contributed by atoms with Crippen LogP contribution in [0.15, 0.2) is 6.07 Å². The van der Waals surface area contributed by atoms with E-state index in [4.69, 9.17) is 4.74 Å². The normalized spacial score (nSPS) is 10.6. The molecular formula is C15H28ClN3O2. The van der Waals surface area contributed by atoms with Gasteiger partial charge in [0.1, 0.15) is 0 Å². The summed E-state index contributed by atoms with van der Waals surface area (Å²) in [4.78, 5) is 12.2. The fourth-order valence-electron chi connectivity index (χ4n) is 2.46. The van der Waals surface area contributed by atoms with Crippen LogP contribution in [0.25, 0.3) is 0 Å². The number of aromatic nitrogens is 1. The van der Waals surface area contributed by atoms with E-state index in [1.807, 2.05) is 19.9 Å². The monoisotopic (exact) mass is 317 g/mol. The molecule has 0 aliphatic carbocycles. The van der Waals surface area contributed by atoms with E-state index in [-0.39, 0.29) is 18.3 Å². The average molecular weight is 318 g/mol. The van der Waals surface area contributed by atoms with Gasteiger partial charge in [-0.2, -0.15) is 0 Å². The van der Waals surface area contributed by atoms with Gasteiger partial charge in [0.15, 0.2) is 0 Å². The van der Waals surface area contributed by atoms with Gasteiger partial charge in [-0.15, -0.1) is 12.4 Å². The number of rotatable bonds is 8. The van der Waals surface area contributed by atoms with E-state index in [9.17, 15) is 4.79 Å². The first-order valence-corrected chi connectivity index (χ1v) is 7.15. The van der Waals surface area contributed by atoms with Gasteiger partial charge in [0.2, 0.25) is 0 Å². The maximum Gasteiger partial charge on any atom is 0.253 e. The third-order valence-electron chi connectivity index (χ3n) is 3.32. The molecule has 21 heavy (non-hydrogen) atoms. The summed E-state index contributed by atoms with van der Waals surface area (Å²) in [5.41, 5.74) is 2.93. The van der Waals surface area contributed by atoms with Gasteiger partial charge in [-0.1, -0.05) is 0 Å². The summed E-state index contributed by atoms with van der Waals surface area (Å²) in [5, 5.41) is 6.14. The molecule has 5 nitrogen and oxygen atoms in total. The van der Waals surface area contributed by atoms with Gasteiger partial charge in [-0.05, 0) is 33.8 Å². The van der Waals surface area contributed by atoms with E-state index in [1.165, 1.54) is 0 Å². The molecule has 1 aromatic heterocycles. The smallest absolute Gasteiger partial charge is 0.253 e. The van der Waals surface area contributed by atoms with Crippen molar-refractivity contribution in [1.82, 2.24) is 15.2 Å². The standard InChI is InChI=1S/C15H27N3O2.ClH/c1-11(2)18-12(3)10-14(13(18)4)15(19)17-7-6-16-8-9-20-5;/h10-11,16H,6-9H2,1-5H3,(H,17,19);1H. The molecule has 0 unspecified atom stereocenters. The summed E-state index contributed by atoms with van der Waals surface area (Å²) in [6.07, 6.45) is 0. The van der Waals surface area contributed by atoms with Crippen LogP contribution in [0.3, 0.4) is 0 Å². The molecule has 0 aromatic carbocycles. The molecule has 6 heteroatoms. The first-order chi connectivity index (χ1) is 9.49. The number of nitrogens with one attached hydrogen (secondary N) is 2. The lowest BCUT2D eigenvalue weighted by atomic mass is 10.2. The van der Waals surface area contributed by atoms with Crippen molar-refractivity contribution in [3.63, 3.8) is 0 Å². The predicted octanol–water partition coefficient (Wildman–Crippen LogP) is 2.07. The van der Waals surface area contributed by atoms with Crippen LogP contribution >= 0.6 is 12.4 Å². The first kappa shape index (κ1) is 20.0. The lowest BCUT2D eigenvalue weighted by Gasteiger charge is -2.13. The Bertz CT molecular complexity index is 444. The summed E-state index contributed by atoms with van der Waals surface area (Å²) in [6.45, 7) is 11.1. The Hall–Kier alpha value is -1.04. The van der Waals surface area contributed by atoms with Crippen LogP contribution in [0.1, 0.15) is 41.6 Å². The van der Waals surface area contributed by atoms with Crippen molar-refractivity contribution in [3.8, 4) is 0 Å². The summed E-state index contributed by atoms with van der Waals surface area (Å²) < 4.78 is 7.13. The molecule has 0 aliphatic heterocycles. The highest BCUT2D eigenvalue weighted by molar-refractivity contribution is 5.95. The van der Waals surface area contributed by atoms with Crippen molar-refractivity contribution in [3.05, 3.63) is 23.0 Å². The number of amides is 1. The molecule has 2 N–H and O–H groups in total. The SMILES string of the molecule is COCCNCCNC(=O)c1cc(C)n(C(C)C)c1C.Cl.